The fourth-order valence-corrected chi connectivity index (χ4v) is 2.58. The van der Waals surface area contributed by atoms with E-state index in [0.29, 0.717) is 0 Å². The normalized spacial score (nSPS) is 18.7. The Morgan fingerprint density at radius 3 is 2.59 bits per heavy atom. The van der Waals surface area contributed by atoms with Crippen molar-refractivity contribution < 1.29 is 4.90 Å². The van der Waals surface area contributed by atoms with Gasteiger partial charge in [0, 0.05) is 29.9 Å². The van der Waals surface area contributed by atoms with Gasteiger partial charge in [-0.3, -0.25) is 4.98 Å². The van der Waals surface area contributed by atoms with E-state index in [0.717, 1.165) is 13.1 Å². The molecule has 1 N–H and O–H groups in total. The highest BCUT2D eigenvalue weighted by Gasteiger charge is 2.18. The third-order valence-electron chi connectivity index (χ3n) is 3.51. The number of nitrogens with one attached hydrogen (secondary N) is 1. The van der Waals surface area contributed by atoms with E-state index in [1.165, 1.54) is 29.7 Å². The molecule has 0 spiro atoms. The topological polar surface area (TPSA) is 17.3 Å². The SMILES string of the molecule is c1ccc2c(c1)CC[NH+](Cc1ccncc1)C2. The van der Waals surface area contributed by atoms with Gasteiger partial charge in [0.2, 0.25) is 0 Å². The Kier molecular flexibility index (Phi) is 2.88. The summed E-state index contributed by atoms with van der Waals surface area (Å²) in [6.45, 7) is 3.49. The van der Waals surface area contributed by atoms with Crippen LogP contribution in [0.2, 0.25) is 0 Å². The highest BCUT2D eigenvalue weighted by molar-refractivity contribution is 5.27. The summed E-state index contributed by atoms with van der Waals surface area (Å²) in [5.74, 6) is 0. The molecule has 3 rings (SSSR count). The smallest absolute Gasteiger partial charge is 0.103 e. The van der Waals surface area contributed by atoms with Crippen LogP contribution < -0.4 is 4.90 Å². The highest BCUT2D eigenvalue weighted by Crippen LogP contribution is 2.10. The van der Waals surface area contributed by atoms with E-state index in [1.807, 2.05) is 12.4 Å². The van der Waals surface area contributed by atoms with Crippen LogP contribution in [-0.2, 0) is 19.5 Å². The Balaban J connectivity index is 1.72. The first-order chi connectivity index (χ1) is 8.42. The summed E-state index contributed by atoms with van der Waals surface area (Å²) in [6.07, 6.45) is 4.97. The third kappa shape index (κ3) is 2.37. The number of aromatic nitrogens is 1. The van der Waals surface area contributed by atoms with Gasteiger partial charge in [0.05, 0.1) is 6.54 Å². The molecule has 0 fully saturated rings. The van der Waals surface area contributed by atoms with E-state index in [1.54, 1.807) is 4.90 Å². The first-order valence-electron chi connectivity index (χ1n) is 6.21. The molecule has 1 aromatic heterocycles. The maximum absolute atomic E-state index is 4.07. The monoisotopic (exact) mass is 225 g/mol. The predicted octanol–water partition coefficient (Wildman–Crippen LogP) is 1.22. The van der Waals surface area contributed by atoms with E-state index >= 15 is 0 Å². The minimum Gasteiger partial charge on any atom is -0.327 e. The van der Waals surface area contributed by atoms with E-state index in [4.69, 9.17) is 0 Å². The van der Waals surface area contributed by atoms with Gasteiger partial charge in [0.25, 0.3) is 0 Å². The average molecular weight is 225 g/mol. The molecule has 1 aliphatic rings. The van der Waals surface area contributed by atoms with Crippen LogP contribution in [0.4, 0.5) is 0 Å². The predicted molar refractivity (Wildman–Crippen MR) is 67.6 cm³/mol. The van der Waals surface area contributed by atoms with Gasteiger partial charge in [-0.15, -0.1) is 0 Å². The van der Waals surface area contributed by atoms with Crippen LogP contribution in [-0.4, -0.2) is 11.5 Å². The Hall–Kier alpha value is -1.67. The van der Waals surface area contributed by atoms with Gasteiger partial charge in [0.15, 0.2) is 0 Å². The number of pyridine rings is 1. The van der Waals surface area contributed by atoms with Crippen molar-refractivity contribution in [3.63, 3.8) is 0 Å². The summed E-state index contributed by atoms with van der Waals surface area (Å²) >= 11 is 0. The van der Waals surface area contributed by atoms with Gasteiger partial charge in [0.1, 0.15) is 13.1 Å². The van der Waals surface area contributed by atoms with Gasteiger partial charge in [-0.1, -0.05) is 24.3 Å². The van der Waals surface area contributed by atoms with Crippen molar-refractivity contribution in [1.82, 2.24) is 4.98 Å². The van der Waals surface area contributed by atoms with Crippen LogP contribution >= 0.6 is 0 Å². The van der Waals surface area contributed by atoms with Crippen LogP contribution in [0.15, 0.2) is 48.8 Å². The van der Waals surface area contributed by atoms with Crippen LogP contribution in [0, 0.1) is 0 Å². The molecule has 0 aliphatic carbocycles. The average Bonchev–Trinajstić information content (AvgIpc) is 2.40. The molecule has 2 nitrogen and oxygen atoms in total. The zero-order chi connectivity index (χ0) is 11.5. The van der Waals surface area contributed by atoms with Gasteiger partial charge < -0.3 is 4.90 Å². The van der Waals surface area contributed by atoms with Gasteiger partial charge >= 0.3 is 0 Å². The highest BCUT2D eigenvalue weighted by atomic mass is 15.1. The van der Waals surface area contributed by atoms with Crippen molar-refractivity contribution in [1.29, 1.82) is 0 Å². The summed E-state index contributed by atoms with van der Waals surface area (Å²) < 4.78 is 0. The molecule has 0 radical (unpaired) electrons. The van der Waals surface area contributed by atoms with Crippen LogP contribution in [0.3, 0.4) is 0 Å². The van der Waals surface area contributed by atoms with E-state index in [-0.39, 0.29) is 0 Å². The molecule has 17 heavy (non-hydrogen) atoms. The number of quaternary nitrogens is 1. The summed E-state index contributed by atoms with van der Waals surface area (Å²) in [4.78, 5) is 5.71. The van der Waals surface area contributed by atoms with Gasteiger partial charge in [-0.2, -0.15) is 0 Å². The number of hydrogen-bond acceptors (Lipinski definition) is 1. The summed E-state index contributed by atoms with van der Waals surface area (Å²) in [6, 6.07) is 13.1. The molecule has 1 atom stereocenters. The number of benzene rings is 1. The second-order valence-corrected chi connectivity index (χ2v) is 4.73. The van der Waals surface area contributed by atoms with Crippen molar-refractivity contribution in [2.24, 2.45) is 0 Å². The molecule has 1 aliphatic heterocycles. The molecule has 0 bridgehead atoms. The Bertz CT molecular complexity index is 493. The van der Waals surface area contributed by atoms with Crippen molar-refractivity contribution in [3.05, 3.63) is 65.5 Å². The lowest BCUT2D eigenvalue weighted by Gasteiger charge is -2.25. The number of nitrogens with zero attached hydrogens (tertiary/aromatic N) is 1. The summed E-state index contributed by atoms with van der Waals surface area (Å²) in [5.41, 5.74) is 4.43. The van der Waals surface area contributed by atoms with Crippen molar-refractivity contribution >= 4 is 0 Å². The molecule has 1 aromatic carbocycles. The summed E-state index contributed by atoms with van der Waals surface area (Å²) in [7, 11) is 0. The van der Waals surface area contributed by atoms with E-state index in [2.05, 4.69) is 41.4 Å². The van der Waals surface area contributed by atoms with Crippen molar-refractivity contribution in [2.75, 3.05) is 6.54 Å². The van der Waals surface area contributed by atoms with Crippen molar-refractivity contribution in [3.8, 4) is 0 Å². The molecule has 0 saturated heterocycles. The van der Waals surface area contributed by atoms with Gasteiger partial charge in [-0.25, -0.2) is 0 Å². The molecule has 2 heteroatoms. The van der Waals surface area contributed by atoms with E-state index in [9.17, 15) is 0 Å². The maximum atomic E-state index is 4.07. The number of hydrogen-bond donors (Lipinski definition) is 1. The Morgan fingerprint density at radius 2 is 1.76 bits per heavy atom. The molecular formula is C15H17N2+. The minimum absolute atomic E-state index is 1.11. The third-order valence-corrected chi connectivity index (χ3v) is 3.51. The molecular weight excluding hydrogens is 208 g/mol. The van der Waals surface area contributed by atoms with Gasteiger partial charge in [-0.05, 0) is 17.7 Å². The number of fused-ring (bicyclic) bond motifs is 1. The maximum Gasteiger partial charge on any atom is 0.103 e. The quantitative estimate of drug-likeness (QED) is 0.813. The first kappa shape index (κ1) is 10.5. The molecule has 86 valence electrons. The van der Waals surface area contributed by atoms with Crippen molar-refractivity contribution in [2.45, 2.75) is 19.5 Å². The van der Waals surface area contributed by atoms with E-state index < -0.39 is 0 Å². The van der Waals surface area contributed by atoms with Crippen LogP contribution in [0.1, 0.15) is 16.7 Å². The lowest BCUT2D eigenvalue weighted by atomic mass is 9.99. The fraction of sp³-hybridized carbons (Fsp3) is 0.267. The molecule has 0 saturated carbocycles. The Morgan fingerprint density at radius 1 is 1.00 bits per heavy atom. The Labute approximate surface area is 102 Å². The molecule has 2 aromatic rings. The minimum atomic E-state index is 1.11. The zero-order valence-electron chi connectivity index (χ0n) is 9.89. The zero-order valence-corrected chi connectivity index (χ0v) is 9.89. The number of rotatable bonds is 2. The first-order valence-corrected chi connectivity index (χ1v) is 6.21. The molecule has 0 amide bonds. The summed E-state index contributed by atoms with van der Waals surface area (Å²) in [5, 5.41) is 0. The largest absolute Gasteiger partial charge is 0.327 e. The lowest BCUT2D eigenvalue weighted by molar-refractivity contribution is -0.929. The second kappa shape index (κ2) is 4.68. The molecule has 1 unspecified atom stereocenters. The fourth-order valence-electron chi connectivity index (χ4n) is 2.58. The lowest BCUT2D eigenvalue weighted by Crippen LogP contribution is -3.10. The van der Waals surface area contributed by atoms with Crippen LogP contribution in [0.25, 0.3) is 0 Å². The molecule has 2 heterocycles. The standard InChI is InChI=1S/C15H16N2/c1-2-4-15-12-17(10-7-14(15)3-1)11-13-5-8-16-9-6-13/h1-6,8-9H,7,10-12H2/p+1. The van der Waals surface area contributed by atoms with Crippen LogP contribution in [0.5, 0.6) is 0 Å². The second-order valence-electron chi connectivity index (χ2n) is 4.73.